The molecule has 0 fully saturated rings. The summed E-state index contributed by atoms with van der Waals surface area (Å²) in [5.74, 6) is 0.142. The Bertz CT molecular complexity index is 173. The van der Waals surface area contributed by atoms with Crippen LogP contribution in [0.25, 0.3) is 0 Å². The van der Waals surface area contributed by atoms with E-state index in [1.165, 1.54) is 0 Å². The number of ketones is 1. The summed E-state index contributed by atoms with van der Waals surface area (Å²) in [6, 6.07) is 0. The van der Waals surface area contributed by atoms with Crippen LogP contribution in [0.2, 0.25) is 0 Å². The minimum absolute atomic E-state index is 0.120. The normalized spacial score (nSPS) is 12.1. The quantitative estimate of drug-likeness (QED) is 0.635. The van der Waals surface area contributed by atoms with Gasteiger partial charge in [0.2, 0.25) is 0 Å². The van der Waals surface area contributed by atoms with Gasteiger partial charge in [-0.15, -0.1) is 0 Å². The monoisotopic (exact) mass is 202 g/mol. The van der Waals surface area contributed by atoms with Gasteiger partial charge in [-0.1, -0.05) is 0 Å². The van der Waals surface area contributed by atoms with Gasteiger partial charge < -0.3 is 9.47 Å². The van der Waals surface area contributed by atoms with Crippen LogP contribution in [0.15, 0.2) is 0 Å². The average Bonchev–Trinajstić information content (AvgIpc) is 2.11. The van der Waals surface area contributed by atoms with Crippen molar-refractivity contribution in [2.45, 2.75) is 52.2 Å². The molecular weight excluding hydrogens is 180 g/mol. The summed E-state index contributed by atoms with van der Waals surface area (Å²) in [5.41, 5.74) is -0.215. The lowest BCUT2D eigenvalue weighted by atomic mass is 10.0. The number of hydrogen-bond donors (Lipinski definition) is 0. The molecule has 0 N–H and O–H groups in total. The fourth-order valence-corrected chi connectivity index (χ4v) is 0.874. The number of hydrogen-bond acceptors (Lipinski definition) is 3. The van der Waals surface area contributed by atoms with E-state index < -0.39 is 0 Å². The molecular formula is C11H22O3. The molecule has 0 atom stereocenters. The van der Waals surface area contributed by atoms with E-state index >= 15 is 0 Å². The Morgan fingerprint density at radius 3 is 2.36 bits per heavy atom. The van der Waals surface area contributed by atoms with E-state index in [4.69, 9.17) is 9.47 Å². The Labute approximate surface area is 86.8 Å². The zero-order chi connectivity index (χ0) is 11.2. The van der Waals surface area contributed by atoms with Crippen LogP contribution < -0.4 is 0 Å². The topological polar surface area (TPSA) is 35.5 Å². The van der Waals surface area contributed by atoms with Gasteiger partial charge in [0.05, 0.1) is 11.7 Å². The molecule has 0 unspecified atom stereocenters. The molecule has 0 aliphatic carbocycles. The van der Waals surface area contributed by atoms with Crippen LogP contribution in [0.1, 0.15) is 40.5 Å². The Kier molecular flexibility index (Phi) is 5.96. The Hall–Kier alpha value is -0.410. The maximum atomic E-state index is 11.3. The van der Waals surface area contributed by atoms with Gasteiger partial charge in [0, 0.05) is 13.5 Å². The third-order valence-corrected chi connectivity index (χ3v) is 2.14. The first-order valence-electron chi connectivity index (χ1n) is 5.06. The Balaban J connectivity index is 3.64. The number of Topliss-reactive ketones (excluding diaryl/α,β-unsaturated/α-hetero) is 1. The molecule has 0 spiro atoms. The summed E-state index contributed by atoms with van der Waals surface area (Å²) in [7, 11) is 1.66. The first kappa shape index (κ1) is 13.6. The van der Waals surface area contributed by atoms with Gasteiger partial charge in [-0.2, -0.15) is 0 Å². The maximum absolute atomic E-state index is 11.3. The van der Waals surface area contributed by atoms with Crippen LogP contribution in [-0.4, -0.2) is 31.2 Å². The van der Waals surface area contributed by atoms with Crippen molar-refractivity contribution in [1.82, 2.24) is 0 Å². The van der Waals surface area contributed by atoms with Gasteiger partial charge in [0.25, 0.3) is 0 Å². The van der Waals surface area contributed by atoms with E-state index in [1.807, 2.05) is 27.7 Å². The highest BCUT2D eigenvalue weighted by molar-refractivity contribution is 5.79. The molecule has 84 valence electrons. The number of carbonyl (C=O) groups excluding carboxylic acids is 1. The maximum Gasteiger partial charge on any atom is 0.158 e. The van der Waals surface area contributed by atoms with Crippen molar-refractivity contribution in [3.63, 3.8) is 0 Å². The molecule has 0 rings (SSSR count). The largest absolute Gasteiger partial charge is 0.379 e. The summed E-state index contributed by atoms with van der Waals surface area (Å²) in [6.45, 7) is 8.02. The highest BCUT2D eigenvalue weighted by Gasteiger charge is 2.17. The third-order valence-electron chi connectivity index (χ3n) is 2.14. The van der Waals surface area contributed by atoms with Crippen molar-refractivity contribution >= 4 is 5.78 Å². The molecule has 0 aromatic carbocycles. The molecule has 0 amide bonds. The van der Waals surface area contributed by atoms with Crippen molar-refractivity contribution in [1.29, 1.82) is 0 Å². The zero-order valence-corrected chi connectivity index (χ0v) is 9.92. The Morgan fingerprint density at radius 1 is 1.36 bits per heavy atom. The molecule has 14 heavy (non-hydrogen) atoms. The first-order valence-corrected chi connectivity index (χ1v) is 5.06. The number of carbonyl (C=O) groups is 1. The lowest BCUT2D eigenvalue weighted by molar-refractivity contribution is -0.126. The van der Waals surface area contributed by atoms with Crippen molar-refractivity contribution in [2.75, 3.05) is 13.7 Å². The molecule has 0 bridgehead atoms. The highest BCUT2D eigenvalue weighted by Crippen LogP contribution is 2.15. The molecule has 0 aliphatic heterocycles. The summed E-state index contributed by atoms with van der Waals surface area (Å²) >= 11 is 0. The lowest BCUT2D eigenvalue weighted by Crippen LogP contribution is -2.24. The second-order valence-electron chi connectivity index (χ2n) is 4.36. The van der Waals surface area contributed by atoms with E-state index in [0.717, 1.165) is 6.42 Å². The zero-order valence-electron chi connectivity index (χ0n) is 9.92. The molecule has 3 heteroatoms. The number of ether oxygens (including phenoxy) is 2. The fourth-order valence-electron chi connectivity index (χ4n) is 0.874. The molecule has 0 saturated heterocycles. The van der Waals surface area contributed by atoms with Gasteiger partial charge in [-0.3, -0.25) is 4.79 Å². The minimum atomic E-state index is -0.215. The smallest absolute Gasteiger partial charge is 0.158 e. The van der Waals surface area contributed by atoms with Gasteiger partial charge in [0.15, 0.2) is 5.78 Å². The average molecular weight is 202 g/mol. The molecule has 0 aromatic rings. The van der Waals surface area contributed by atoms with E-state index in [1.54, 1.807) is 7.11 Å². The van der Waals surface area contributed by atoms with Crippen molar-refractivity contribution < 1.29 is 14.3 Å². The van der Waals surface area contributed by atoms with Crippen molar-refractivity contribution in [3.8, 4) is 0 Å². The highest BCUT2D eigenvalue weighted by atomic mass is 16.5. The van der Waals surface area contributed by atoms with Crippen LogP contribution in [0.5, 0.6) is 0 Å². The van der Waals surface area contributed by atoms with Gasteiger partial charge in [0.1, 0.15) is 6.61 Å². The summed E-state index contributed by atoms with van der Waals surface area (Å²) in [4.78, 5) is 11.3. The van der Waals surface area contributed by atoms with Crippen LogP contribution in [-0.2, 0) is 14.3 Å². The van der Waals surface area contributed by atoms with Crippen LogP contribution in [0.3, 0.4) is 0 Å². The SMILES string of the molecule is COC(C)(C)CCC(=O)COC(C)C. The van der Waals surface area contributed by atoms with Crippen molar-refractivity contribution in [2.24, 2.45) is 0 Å². The number of rotatable bonds is 7. The van der Waals surface area contributed by atoms with Gasteiger partial charge in [-0.25, -0.2) is 0 Å². The molecule has 0 aromatic heterocycles. The molecule has 3 nitrogen and oxygen atoms in total. The van der Waals surface area contributed by atoms with E-state index in [-0.39, 0.29) is 24.1 Å². The predicted octanol–water partition coefficient (Wildman–Crippen LogP) is 2.19. The lowest BCUT2D eigenvalue weighted by Gasteiger charge is -2.22. The van der Waals surface area contributed by atoms with E-state index in [0.29, 0.717) is 6.42 Å². The van der Waals surface area contributed by atoms with Gasteiger partial charge >= 0.3 is 0 Å². The predicted molar refractivity (Wildman–Crippen MR) is 56.4 cm³/mol. The first-order chi connectivity index (χ1) is 6.37. The fraction of sp³-hybridized carbons (Fsp3) is 0.909. The second kappa shape index (κ2) is 6.14. The van der Waals surface area contributed by atoms with E-state index in [9.17, 15) is 4.79 Å². The van der Waals surface area contributed by atoms with Crippen LogP contribution >= 0.6 is 0 Å². The molecule has 0 heterocycles. The molecule has 0 radical (unpaired) electrons. The van der Waals surface area contributed by atoms with Gasteiger partial charge in [-0.05, 0) is 34.1 Å². The molecule has 0 saturated carbocycles. The Morgan fingerprint density at radius 2 is 1.93 bits per heavy atom. The second-order valence-corrected chi connectivity index (χ2v) is 4.36. The van der Waals surface area contributed by atoms with Crippen molar-refractivity contribution in [3.05, 3.63) is 0 Å². The third kappa shape index (κ3) is 7.04. The summed E-state index contributed by atoms with van der Waals surface area (Å²) in [5, 5.41) is 0. The molecule has 0 aliphatic rings. The van der Waals surface area contributed by atoms with Crippen LogP contribution in [0.4, 0.5) is 0 Å². The summed E-state index contributed by atoms with van der Waals surface area (Å²) in [6.07, 6.45) is 1.38. The standard InChI is InChI=1S/C11H22O3/c1-9(2)14-8-10(12)6-7-11(3,4)13-5/h9H,6-8H2,1-5H3. The van der Waals surface area contributed by atoms with E-state index in [2.05, 4.69) is 0 Å². The number of methoxy groups -OCH3 is 1. The van der Waals surface area contributed by atoms with Crippen LogP contribution in [0, 0.1) is 0 Å². The minimum Gasteiger partial charge on any atom is -0.379 e. The summed E-state index contributed by atoms with van der Waals surface area (Å²) < 4.78 is 10.4.